The van der Waals surface area contributed by atoms with Gasteiger partial charge in [0.05, 0.1) is 5.56 Å². The lowest BCUT2D eigenvalue weighted by atomic mass is 9.88. The van der Waals surface area contributed by atoms with Crippen LogP contribution in [-0.4, -0.2) is 29.1 Å². The number of amides is 1. The van der Waals surface area contributed by atoms with Crippen LogP contribution in [0.3, 0.4) is 0 Å². The van der Waals surface area contributed by atoms with E-state index >= 15 is 0 Å². The Balaban J connectivity index is 2.60. The number of carbonyl (C=O) groups excluding carboxylic acids is 1. The number of rotatable bonds is 6. The maximum Gasteiger partial charge on any atom is 0.433 e. The Hall–Kier alpha value is -1.63. The molecule has 0 aliphatic rings. The van der Waals surface area contributed by atoms with Gasteiger partial charge >= 0.3 is 6.18 Å². The number of alkyl halides is 3. The molecule has 0 radical (unpaired) electrons. The normalized spacial score (nSPS) is 12.3. The Morgan fingerprint density at radius 3 is 2.48 bits per heavy atom. The van der Waals surface area contributed by atoms with Crippen LogP contribution in [0, 0.1) is 5.41 Å². The van der Waals surface area contributed by atoms with Gasteiger partial charge in [0.15, 0.2) is 0 Å². The van der Waals surface area contributed by atoms with Gasteiger partial charge in [0.1, 0.15) is 5.69 Å². The summed E-state index contributed by atoms with van der Waals surface area (Å²) in [6, 6.07) is 1.89. The summed E-state index contributed by atoms with van der Waals surface area (Å²) in [4.78, 5) is 15.1. The maximum absolute atomic E-state index is 12.4. The molecule has 1 amide bonds. The van der Waals surface area contributed by atoms with E-state index in [0.29, 0.717) is 13.0 Å². The number of nitrogens with one attached hydrogen (secondary N) is 1. The molecule has 1 aromatic rings. The Kier molecular flexibility index (Phi) is 5.71. The zero-order valence-corrected chi connectivity index (χ0v) is 12.0. The number of aromatic nitrogens is 1. The van der Waals surface area contributed by atoms with E-state index in [0.717, 1.165) is 24.8 Å². The Bertz CT molecular complexity index is 470. The van der Waals surface area contributed by atoms with Gasteiger partial charge in [0.25, 0.3) is 5.91 Å². The smallest absolute Gasteiger partial charge is 0.396 e. The van der Waals surface area contributed by atoms with Crippen LogP contribution in [0.15, 0.2) is 18.3 Å². The molecular weight excluding hydrogens is 285 g/mol. The average Bonchev–Trinajstić information content (AvgIpc) is 2.42. The number of pyridine rings is 1. The first-order valence-electron chi connectivity index (χ1n) is 6.58. The van der Waals surface area contributed by atoms with Crippen molar-refractivity contribution in [1.82, 2.24) is 10.3 Å². The summed E-state index contributed by atoms with van der Waals surface area (Å²) in [7, 11) is 0. The fraction of sp³-hybridized carbons (Fsp3) is 0.571. The molecule has 0 atom stereocenters. The van der Waals surface area contributed by atoms with Gasteiger partial charge in [-0.05, 0) is 30.4 Å². The molecule has 7 heteroatoms. The summed E-state index contributed by atoms with van der Waals surface area (Å²) in [6.45, 7) is 4.33. The van der Waals surface area contributed by atoms with Crippen molar-refractivity contribution in [3.05, 3.63) is 29.6 Å². The quantitative estimate of drug-likeness (QED) is 0.849. The Morgan fingerprint density at radius 1 is 1.33 bits per heavy atom. The lowest BCUT2D eigenvalue weighted by Crippen LogP contribution is -2.34. The molecule has 1 aromatic heterocycles. The van der Waals surface area contributed by atoms with Gasteiger partial charge in [-0.15, -0.1) is 0 Å². The Morgan fingerprint density at radius 2 is 2.00 bits per heavy atom. The second-order valence-electron chi connectivity index (χ2n) is 5.60. The van der Waals surface area contributed by atoms with Gasteiger partial charge in [-0.25, -0.2) is 0 Å². The van der Waals surface area contributed by atoms with Crippen molar-refractivity contribution in [1.29, 1.82) is 0 Å². The summed E-state index contributed by atoms with van der Waals surface area (Å²) in [5.74, 6) is -0.465. The SMILES string of the molecule is CC(C)(CCCO)CNC(=O)c1ccc(C(F)(F)F)nc1. The highest BCUT2D eigenvalue weighted by atomic mass is 19.4. The summed E-state index contributed by atoms with van der Waals surface area (Å²) in [5.41, 5.74) is -1.14. The van der Waals surface area contributed by atoms with E-state index in [-0.39, 0.29) is 17.6 Å². The molecule has 2 N–H and O–H groups in total. The van der Waals surface area contributed by atoms with Crippen molar-refractivity contribution in [3.63, 3.8) is 0 Å². The van der Waals surface area contributed by atoms with Crippen LogP contribution in [0.2, 0.25) is 0 Å². The first kappa shape index (κ1) is 17.4. The van der Waals surface area contributed by atoms with Crippen LogP contribution >= 0.6 is 0 Å². The number of hydrogen-bond donors (Lipinski definition) is 2. The van der Waals surface area contributed by atoms with Crippen LogP contribution < -0.4 is 5.32 Å². The second kappa shape index (κ2) is 6.89. The molecule has 0 saturated carbocycles. The number of hydrogen-bond acceptors (Lipinski definition) is 3. The third-order valence-electron chi connectivity index (χ3n) is 3.06. The predicted molar refractivity (Wildman–Crippen MR) is 71.7 cm³/mol. The first-order valence-corrected chi connectivity index (χ1v) is 6.58. The van der Waals surface area contributed by atoms with E-state index in [9.17, 15) is 18.0 Å². The minimum absolute atomic E-state index is 0.0835. The van der Waals surface area contributed by atoms with E-state index in [1.807, 2.05) is 13.8 Å². The largest absolute Gasteiger partial charge is 0.433 e. The van der Waals surface area contributed by atoms with Crippen molar-refractivity contribution in [3.8, 4) is 0 Å². The van der Waals surface area contributed by atoms with Crippen LogP contribution in [0.4, 0.5) is 13.2 Å². The summed E-state index contributed by atoms with van der Waals surface area (Å²) in [6.07, 6.45) is -2.24. The summed E-state index contributed by atoms with van der Waals surface area (Å²) >= 11 is 0. The molecule has 1 heterocycles. The fourth-order valence-corrected chi connectivity index (χ4v) is 1.76. The minimum Gasteiger partial charge on any atom is -0.396 e. The lowest BCUT2D eigenvalue weighted by Gasteiger charge is -2.24. The number of nitrogens with zero attached hydrogens (tertiary/aromatic N) is 1. The van der Waals surface area contributed by atoms with E-state index < -0.39 is 17.8 Å². The van der Waals surface area contributed by atoms with Crippen molar-refractivity contribution >= 4 is 5.91 Å². The van der Waals surface area contributed by atoms with E-state index in [1.54, 1.807) is 0 Å². The third kappa shape index (κ3) is 5.71. The van der Waals surface area contributed by atoms with Crippen LogP contribution in [0.5, 0.6) is 0 Å². The van der Waals surface area contributed by atoms with Gasteiger partial charge in [0, 0.05) is 19.3 Å². The van der Waals surface area contributed by atoms with Crippen LogP contribution in [0.25, 0.3) is 0 Å². The second-order valence-corrected chi connectivity index (χ2v) is 5.60. The maximum atomic E-state index is 12.4. The van der Waals surface area contributed by atoms with Gasteiger partial charge in [-0.1, -0.05) is 13.8 Å². The zero-order chi connectivity index (χ0) is 16.1. The highest BCUT2D eigenvalue weighted by Crippen LogP contribution is 2.27. The molecule has 0 unspecified atom stereocenters. The molecule has 0 spiro atoms. The number of aliphatic hydroxyl groups is 1. The van der Waals surface area contributed by atoms with Gasteiger partial charge < -0.3 is 10.4 Å². The Labute approximate surface area is 121 Å². The van der Waals surface area contributed by atoms with Gasteiger partial charge in [-0.3, -0.25) is 9.78 Å². The molecule has 0 fully saturated rings. The van der Waals surface area contributed by atoms with Crippen molar-refractivity contribution in [2.75, 3.05) is 13.2 Å². The fourth-order valence-electron chi connectivity index (χ4n) is 1.76. The molecule has 0 aromatic carbocycles. The van der Waals surface area contributed by atoms with E-state index in [2.05, 4.69) is 10.3 Å². The van der Waals surface area contributed by atoms with Crippen LogP contribution in [0.1, 0.15) is 42.7 Å². The van der Waals surface area contributed by atoms with Gasteiger partial charge in [-0.2, -0.15) is 13.2 Å². The zero-order valence-electron chi connectivity index (χ0n) is 12.0. The molecular formula is C14H19F3N2O2. The molecule has 1 rings (SSSR count). The molecule has 0 aliphatic carbocycles. The van der Waals surface area contributed by atoms with Crippen molar-refractivity contribution < 1.29 is 23.1 Å². The van der Waals surface area contributed by atoms with Crippen molar-refractivity contribution in [2.24, 2.45) is 5.41 Å². The molecule has 0 bridgehead atoms. The van der Waals surface area contributed by atoms with Crippen molar-refractivity contribution in [2.45, 2.75) is 32.9 Å². The topological polar surface area (TPSA) is 62.2 Å². The first-order chi connectivity index (χ1) is 9.65. The van der Waals surface area contributed by atoms with Gasteiger partial charge in [0.2, 0.25) is 0 Å². The molecule has 118 valence electrons. The molecule has 0 aliphatic heterocycles. The number of carbonyl (C=O) groups is 1. The monoisotopic (exact) mass is 304 g/mol. The predicted octanol–water partition coefficient (Wildman–Crippen LogP) is 2.63. The molecule has 4 nitrogen and oxygen atoms in total. The molecule has 0 saturated heterocycles. The highest BCUT2D eigenvalue weighted by molar-refractivity contribution is 5.93. The summed E-state index contributed by atoms with van der Waals surface area (Å²) < 4.78 is 37.1. The summed E-state index contributed by atoms with van der Waals surface area (Å²) in [5, 5.41) is 11.5. The number of halogens is 3. The standard InChI is InChI=1S/C14H19F3N2O2/c1-13(2,6-3-7-20)9-19-12(21)10-4-5-11(18-8-10)14(15,16)17/h4-5,8,20H,3,6-7,9H2,1-2H3,(H,19,21). The highest BCUT2D eigenvalue weighted by Gasteiger charge is 2.32. The average molecular weight is 304 g/mol. The van der Waals surface area contributed by atoms with E-state index in [4.69, 9.17) is 5.11 Å². The number of aliphatic hydroxyl groups excluding tert-OH is 1. The van der Waals surface area contributed by atoms with E-state index in [1.165, 1.54) is 0 Å². The minimum atomic E-state index is -4.51. The molecule has 21 heavy (non-hydrogen) atoms. The third-order valence-corrected chi connectivity index (χ3v) is 3.06. The van der Waals surface area contributed by atoms with Crippen LogP contribution in [-0.2, 0) is 6.18 Å². The lowest BCUT2D eigenvalue weighted by molar-refractivity contribution is -0.141.